The molecule has 154 valence electrons. The van der Waals surface area contributed by atoms with Gasteiger partial charge in [0.25, 0.3) is 0 Å². The van der Waals surface area contributed by atoms with Crippen LogP contribution < -0.4 is 25.9 Å². The zero-order valence-corrected chi connectivity index (χ0v) is 17.9. The summed E-state index contributed by atoms with van der Waals surface area (Å²) < 4.78 is 5.93. The Labute approximate surface area is 180 Å². The second kappa shape index (κ2) is 8.50. The lowest BCUT2D eigenvalue weighted by atomic mass is 10.1. The quantitative estimate of drug-likeness (QED) is 0.667. The number of piperazine rings is 1. The van der Waals surface area contributed by atoms with E-state index >= 15 is 0 Å². The molecule has 1 saturated heterocycles. The Bertz CT molecular complexity index is 1140. The topological polar surface area (TPSA) is 49.4 Å². The van der Waals surface area contributed by atoms with Crippen LogP contribution in [0.15, 0.2) is 54.7 Å². The number of benzene rings is 1. The number of aromatic nitrogens is 1. The van der Waals surface area contributed by atoms with Crippen LogP contribution in [0.3, 0.4) is 0 Å². The molecule has 4 heterocycles. The second-order valence-corrected chi connectivity index (χ2v) is 8.98. The third kappa shape index (κ3) is 3.93. The molecule has 1 aromatic carbocycles. The summed E-state index contributed by atoms with van der Waals surface area (Å²) in [5.74, 6) is 0.932. The van der Waals surface area contributed by atoms with Gasteiger partial charge in [0.2, 0.25) is 0 Å². The van der Waals surface area contributed by atoms with Crippen LogP contribution >= 0.6 is 11.3 Å². The molecule has 5 rings (SSSR count). The highest BCUT2D eigenvalue weighted by Gasteiger charge is 2.26. The Balaban J connectivity index is 1.40. The van der Waals surface area contributed by atoms with Crippen molar-refractivity contribution in [3.63, 3.8) is 0 Å². The number of anilines is 1. The highest BCUT2D eigenvalue weighted by Crippen LogP contribution is 2.34. The van der Waals surface area contributed by atoms with Crippen molar-refractivity contribution in [2.75, 3.05) is 31.6 Å². The molecular weight excluding hydrogens is 392 g/mol. The Morgan fingerprint density at radius 2 is 2.10 bits per heavy atom. The maximum Gasteiger partial charge on any atom is 0.119 e. The molecule has 5 nitrogen and oxygen atoms in total. The fourth-order valence-corrected chi connectivity index (χ4v) is 5.06. The van der Waals surface area contributed by atoms with Crippen molar-refractivity contribution in [3.8, 4) is 5.75 Å². The Kier molecular flexibility index (Phi) is 5.43. The molecule has 3 aromatic rings. The fraction of sp³-hybridized carbons (Fsp3) is 0.292. The smallest absolute Gasteiger partial charge is 0.119 e. The van der Waals surface area contributed by atoms with E-state index in [1.165, 1.54) is 21.1 Å². The average Bonchev–Trinajstić information content (AvgIpc) is 3.07. The molecule has 0 bridgehead atoms. The van der Waals surface area contributed by atoms with Crippen molar-refractivity contribution in [2.24, 2.45) is 0 Å². The minimum Gasteiger partial charge on any atom is -0.494 e. The van der Waals surface area contributed by atoms with Crippen molar-refractivity contribution in [1.29, 1.82) is 0 Å². The number of nitrogens with zero attached hydrogens (tertiary/aromatic N) is 2. The van der Waals surface area contributed by atoms with Crippen LogP contribution in [0.5, 0.6) is 5.75 Å². The number of thiophene rings is 1. The first-order chi connectivity index (χ1) is 14.8. The number of ether oxygens (including phenoxy) is 1. The maximum absolute atomic E-state index is 5.93. The van der Waals surface area contributed by atoms with Crippen molar-refractivity contribution < 1.29 is 4.74 Å². The number of nitrogens with one attached hydrogen (secondary N) is 2. The van der Waals surface area contributed by atoms with Gasteiger partial charge in [-0.2, -0.15) is 0 Å². The van der Waals surface area contributed by atoms with E-state index in [1.807, 2.05) is 42.6 Å². The summed E-state index contributed by atoms with van der Waals surface area (Å²) in [6.07, 6.45) is 4.94. The molecule has 0 saturated carbocycles. The van der Waals surface area contributed by atoms with E-state index in [0.717, 1.165) is 42.4 Å². The molecule has 0 spiro atoms. The lowest BCUT2D eigenvalue weighted by molar-refractivity contribution is 0.228. The number of aryl methyl sites for hydroxylation is 1. The normalized spacial score (nSPS) is 18.0. The summed E-state index contributed by atoms with van der Waals surface area (Å²) in [5, 5.41) is 10.6. The highest BCUT2D eigenvalue weighted by molar-refractivity contribution is 7.16. The zero-order chi connectivity index (χ0) is 20.3. The van der Waals surface area contributed by atoms with Crippen molar-refractivity contribution >= 4 is 28.2 Å². The van der Waals surface area contributed by atoms with Gasteiger partial charge in [-0.15, -0.1) is 11.3 Å². The molecule has 0 radical (unpaired) electrons. The first-order valence-corrected chi connectivity index (χ1v) is 11.3. The SMILES string of the molecule is Cc1cc2c(s1)NC=c1cccnc1=C2N1CCNC(CCOc2ccccc2)C1. The van der Waals surface area contributed by atoms with Gasteiger partial charge in [0.1, 0.15) is 10.8 Å². The van der Waals surface area contributed by atoms with Gasteiger partial charge in [0.15, 0.2) is 0 Å². The summed E-state index contributed by atoms with van der Waals surface area (Å²) >= 11 is 1.80. The lowest BCUT2D eigenvalue weighted by Crippen LogP contribution is -2.52. The summed E-state index contributed by atoms with van der Waals surface area (Å²) in [6, 6.07) is 16.8. The molecule has 2 aliphatic heterocycles. The number of rotatable bonds is 5. The number of fused-ring (bicyclic) bond motifs is 2. The van der Waals surface area contributed by atoms with Gasteiger partial charge >= 0.3 is 0 Å². The first kappa shape index (κ1) is 19.2. The molecule has 2 aromatic heterocycles. The molecule has 2 aliphatic rings. The van der Waals surface area contributed by atoms with Gasteiger partial charge in [-0.3, -0.25) is 4.98 Å². The molecule has 0 amide bonds. The summed E-state index contributed by atoms with van der Waals surface area (Å²) in [6.45, 7) is 5.74. The Morgan fingerprint density at radius 1 is 1.20 bits per heavy atom. The van der Waals surface area contributed by atoms with Gasteiger partial charge in [0, 0.05) is 53.7 Å². The zero-order valence-electron chi connectivity index (χ0n) is 17.1. The van der Waals surface area contributed by atoms with Gasteiger partial charge in [-0.1, -0.05) is 18.2 Å². The molecule has 30 heavy (non-hydrogen) atoms. The molecule has 2 N–H and O–H groups in total. The van der Waals surface area contributed by atoms with Crippen molar-refractivity contribution in [1.82, 2.24) is 15.2 Å². The number of hydrogen-bond donors (Lipinski definition) is 2. The molecule has 1 unspecified atom stereocenters. The van der Waals surface area contributed by atoms with E-state index in [0.29, 0.717) is 12.6 Å². The Morgan fingerprint density at radius 3 is 3.00 bits per heavy atom. The van der Waals surface area contributed by atoms with E-state index in [2.05, 4.69) is 40.8 Å². The van der Waals surface area contributed by atoms with Gasteiger partial charge in [0.05, 0.1) is 17.7 Å². The molecular formula is C24H26N4OS. The van der Waals surface area contributed by atoms with Gasteiger partial charge in [-0.25, -0.2) is 0 Å². The second-order valence-electron chi connectivity index (χ2n) is 7.73. The van der Waals surface area contributed by atoms with Crippen LogP contribution in [0.25, 0.3) is 11.9 Å². The number of pyridine rings is 1. The van der Waals surface area contributed by atoms with Crippen molar-refractivity contribution in [2.45, 2.75) is 19.4 Å². The van der Waals surface area contributed by atoms with Gasteiger partial charge in [-0.05, 0) is 43.7 Å². The van der Waals surface area contributed by atoms with E-state index < -0.39 is 0 Å². The minimum atomic E-state index is 0.380. The molecule has 6 heteroatoms. The largest absolute Gasteiger partial charge is 0.494 e. The Hall–Kier alpha value is -2.83. The van der Waals surface area contributed by atoms with E-state index in [1.54, 1.807) is 11.3 Å². The first-order valence-electron chi connectivity index (χ1n) is 10.5. The van der Waals surface area contributed by atoms with Gasteiger partial charge < -0.3 is 20.3 Å². The van der Waals surface area contributed by atoms with Crippen LogP contribution in [0.1, 0.15) is 16.9 Å². The predicted octanol–water partition coefficient (Wildman–Crippen LogP) is 2.51. The lowest BCUT2D eigenvalue weighted by Gasteiger charge is -2.36. The fourth-order valence-electron chi connectivity index (χ4n) is 4.18. The molecule has 1 fully saturated rings. The van der Waals surface area contributed by atoms with E-state index in [9.17, 15) is 0 Å². The average molecular weight is 419 g/mol. The highest BCUT2D eigenvalue weighted by atomic mass is 32.1. The summed E-state index contributed by atoms with van der Waals surface area (Å²) in [5.41, 5.74) is 2.49. The van der Waals surface area contributed by atoms with Crippen LogP contribution in [0.2, 0.25) is 0 Å². The maximum atomic E-state index is 5.93. The standard InChI is InChI=1S/C24H26N4OS/c1-17-14-21-23(22-18(6-5-10-26-22)15-27-24(21)30-17)28-12-11-25-19(16-28)9-13-29-20-7-3-2-4-8-20/h2-8,10,14-15,19,25,27H,9,11-13,16H2,1H3. The number of hydrogen-bond acceptors (Lipinski definition) is 6. The third-order valence-electron chi connectivity index (χ3n) is 5.58. The van der Waals surface area contributed by atoms with E-state index in [-0.39, 0.29) is 0 Å². The number of para-hydroxylation sites is 1. The third-order valence-corrected chi connectivity index (χ3v) is 6.56. The van der Waals surface area contributed by atoms with Crippen LogP contribution in [0, 0.1) is 6.92 Å². The van der Waals surface area contributed by atoms with Crippen LogP contribution in [-0.2, 0) is 0 Å². The minimum absolute atomic E-state index is 0.380. The molecule has 0 aliphatic carbocycles. The van der Waals surface area contributed by atoms with Crippen LogP contribution in [-0.4, -0.2) is 42.2 Å². The summed E-state index contributed by atoms with van der Waals surface area (Å²) in [7, 11) is 0. The van der Waals surface area contributed by atoms with E-state index in [4.69, 9.17) is 9.72 Å². The molecule has 1 atom stereocenters. The van der Waals surface area contributed by atoms with Crippen molar-refractivity contribution in [3.05, 3.63) is 75.7 Å². The predicted molar refractivity (Wildman–Crippen MR) is 123 cm³/mol. The monoisotopic (exact) mass is 418 g/mol. The van der Waals surface area contributed by atoms with Crippen LogP contribution in [0.4, 0.5) is 5.00 Å². The summed E-state index contributed by atoms with van der Waals surface area (Å²) in [4.78, 5) is 8.59.